The Morgan fingerprint density at radius 3 is 1.42 bits per heavy atom. The molecular weight excluding hydrogens is 160 g/mol. The molecule has 0 aromatic heterocycles. The quantitative estimate of drug-likeness (QED) is 0.519. The summed E-state index contributed by atoms with van der Waals surface area (Å²) in [5, 5.41) is 9.14. The van der Waals surface area contributed by atoms with Gasteiger partial charge in [-0.3, -0.25) is 9.59 Å². The third-order valence-corrected chi connectivity index (χ3v) is 1.35. The zero-order chi connectivity index (χ0) is 9.89. The molecule has 12 heavy (non-hydrogen) atoms. The van der Waals surface area contributed by atoms with Crippen molar-refractivity contribution < 1.29 is 14.7 Å². The van der Waals surface area contributed by atoms with Crippen LogP contribution in [0.2, 0.25) is 0 Å². The molecule has 0 radical (unpaired) electrons. The van der Waals surface area contributed by atoms with E-state index in [1.54, 1.807) is 0 Å². The van der Waals surface area contributed by atoms with E-state index in [0.717, 1.165) is 0 Å². The molecular formula is C7H14N2O3. The van der Waals surface area contributed by atoms with E-state index in [1.807, 2.05) is 0 Å². The summed E-state index contributed by atoms with van der Waals surface area (Å²) in [6.45, 7) is 0. The van der Waals surface area contributed by atoms with E-state index in [4.69, 9.17) is 5.11 Å². The van der Waals surface area contributed by atoms with Gasteiger partial charge in [0.05, 0.1) is 0 Å². The fourth-order valence-corrected chi connectivity index (χ4v) is 0.595. The third-order valence-electron chi connectivity index (χ3n) is 1.35. The van der Waals surface area contributed by atoms with E-state index in [0.29, 0.717) is 0 Å². The van der Waals surface area contributed by atoms with Crippen molar-refractivity contribution in [3.63, 3.8) is 0 Å². The van der Waals surface area contributed by atoms with Gasteiger partial charge in [0, 0.05) is 28.2 Å². The van der Waals surface area contributed by atoms with Gasteiger partial charge in [-0.25, -0.2) is 0 Å². The van der Waals surface area contributed by atoms with Crippen molar-refractivity contribution in [1.29, 1.82) is 0 Å². The second-order valence-electron chi connectivity index (χ2n) is 2.87. The first-order valence-electron chi connectivity index (χ1n) is 3.48. The van der Waals surface area contributed by atoms with Crippen molar-refractivity contribution in [2.75, 3.05) is 28.2 Å². The second-order valence-corrected chi connectivity index (χ2v) is 2.87. The minimum Gasteiger partial charge on any atom is -0.375 e. The Bertz CT molecular complexity index is 169. The first kappa shape index (κ1) is 10.9. The Kier molecular flexibility index (Phi) is 3.69. The number of hydrogen-bond acceptors (Lipinski definition) is 3. The smallest absolute Gasteiger partial charge is 0.260 e. The fourth-order valence-electron chi connectivity index (χ4n) is 0.595. The molecule has 0 aromatic rings. The van der Waals surface area contributed by atoms with Crippen LogP contribution in [0.15, 0.2) is 0 Å². The molecule has 1 N–H and O–H groups in total. The molecule has 0 bridgehead atoms. The second kappa shape index (κ2) is 4.06. The predicted octanol–water partition coefficient (Wildman–Crippen LogP) is -1.48. The monoisotopic (exact) mass is 174 g/mol. The molecule has 0 aliphatic rings. The highest BCUT2D eigenvalue weighted by atomic mass is 16.3. The SMILES string of the molecule is CN(C)C(=O)C(O)C(=O)N(C)C. The van der Waals surface area contributed by atoms with E-state index in [1.165, 1.54) is 38.0 Å². The molecule has 0 saturated heterocycles. The topological polar surface area (TPSA) is 60.9 Å². The largest absolute Gasteiger partial charge is 0.375 e. The van der Waals surface area contributed by atoms with Gasteiger partial charge in [-0.2, -0.15) is 0 Å². The maximum atomic E-state index is 11.0. The summed E-state index contributed by atoms with van der Waals surface area (Å²) in [4.78, 5) is 24.4. The summed E-state index contributed by atoms with van der Waals surface area (Å²) < 4.78 is 0. The molecule has 0 aromatic carbocycles. The van der Waals surface area contributed by atoms with Crippen molar-refractivity contribution in [3.05, 3.63) is 0 Å². The number of hydrogen-bond donors (Lipinski definition) is 1. The first-order chi connectivity index (χ1) is 5.37. The van der Waals surface area contributed by atoms with Gasteiger partial charge in [0.15, 0.2) is 0 Å². The van der Waals surface area contributed by atoms with Gasteiger partial charge in [-0.15, -0.1) is 0 Å². The number of aliphatic hydroxyl groups excluding tert-OH is 1. The number of aliphatic hydroxyl groups is 1. The molecule has 70 valence electrons. The van der Waals surface area contributed by atoms with Crippen molar-refractivity contribution in [2.24, 2.45) is 0 Å². The van der Waals surface area contributed by atoms with Crippen LogP contribution in [0.3, 0.4) is 0 Å². The molecule has 0 aliphatic heterocycles. The van der Waals surface area contributed by atoms with Crippen molar-refractivity contribution in [3.8, 4) is 0 Å². The number of nitrogens with zero attached hydrogens (tertiary/aromatic N) is 2. The van der Waals surface area contributed by atoms with Gasteiger partial charge in [-0.05, 0) is 0 Å². The van der Waals surface area contributed by atoms with Gasteiger partial charge in [0.25, 0.3) is 11.8 Å². The first-order valence-corrected chi connectivity index (χ1v) is 3.48. The number of likely N-dealkylation sites (N-methyl/N-ethyl adjacent to an activating group) is 2. The van der Waals surface area contributed by atoms with Crippen molar-refractivity contribution in [2.45, 2.75) is 6.10 Å². The average molecular weight is 174 g/mol. The van der Waals surface area contributed by atoms with E-state index in [-0.39, 0.29) is 0 Å². The molecule has 0 unspecified atom stereocenters. The summed E-state index contributed by atoms with van der Waals surface area (Å²) in [5.41, 5.74) is 0. The highest BCUT2D eigenvalue weighted by Crippen LogP contribution is 1.93. The molecule has 0 spiro atoms. The predicted molar refractivity (Wildman–Crippen MR) is 43.4 cm³/mol. The van der Waals surface area contributed by atoms with Crippen LogP contribution in [0, 0.1) is 0 Å². The Morgan fingerprint density at radius 2 is 1.25 bits per heavy atom. The maximum absolute atomic E-state index is 11.0. The zero-order valence-corrected chi connectivity index (χ0v) is 7.74. The van der Waals surface area contributed by atoms with Gasteiger partial charge >= 0.3 is 0 Å². The van der Waals surface area contributed by atoms with E-state index < -0.39 is 17.9 Å². The molecule has 0 atom stereocenters. The summed E-state index contributed by atoms with van der Waals surface area (Å²) in [5.74, 6) is -1.21. The van der Waals surface area contributed by atoms with Crippen LogP contribution in [0.4, 0.5) is 0 Å². The third kappa shape index (κ3) is 2.50. The van der Waals surface area contributed by atoms with Crippen LogP contribution in [0.5, 0.6) is 0 Å². The Hall–Kier alpha value is -1.10. The molecule has 5 heteroatoms. The van der Waals surface area contributed by atoms with Gasteiger partial charge in [0.2, 0.25) is 6.10 Å². The number of rotatable bonds is 2. The lowest BCUT2D eigenvalue weighted by molar-refractivity contribution is -0.150. The minimum absolute atomic E-state index is 0.603. The summed E-state index contributed by atoms with van der Waals surface area (Å²) in [6.07, 6.45) is -1.57. The average Bonchev–Trinajstić information content (AvgIpc) is 2.00. The lowest BCUT2D eigenvalue weighted by atomic mass is 10.3. The standard InChI is InChI=1S/C7H14N2O3/c1-8(2)6(11)5(10)7(12)9(3)4/h5,10H,1-4H3. The van der Waals surface area contributed by atoms with Crippen LogP contribution in [0.25, 0.3) is 0 Å². The molecule has 0 fully saturated rings. The number of amides is 2. The van der Waals surface area contributed by atoms with E-state index >= 15 is 0 Å². The van der Waals surface area contributed by atoms with Gasteiger partial charge in [0.1, 0.15) is 0 Å². The molecule has 0 aliphatic carbocycles. The minimum atomic E-state index is -1.57. The van der Waals surface area contributed by atoms with Crippen LogP contribution in [-0.2, 0) is 9.59 Å². The summed E-state index contributed by atoms with van der Waals surface area (Å²) in [7, 11) is 5.92. The Morgan fingerprint density at radius 1 is 1.00 bits per heavy atom. The van der Waals surface area contributed by atoms with Crippen LogP contribution in [0.1, 0.15) is 0 Å². The van der Waals surface area contributed by atoms with E-state index in [9.17, 15) is 9.59 Å². The van der Waals surface area contributed by atoms with E-state index in [2.05, 4.69) is 0 Å². The van der Waals surface area contributed by atoms with Gasteiger partial charge < -0.3 is 14.9 Å². The molecule has 2 amide bonds. The van der Waals surface area contributed by atoms with Crippen LogP contribution < -0.4 is 0 Å². The highest BCUT2D eigenvalue weighted by molar-refractivity contribution is 6.02. The molecule has 5 nitrogen and oxygen atoms in total. The lowest BCUT2D eigenvalue weighted by Crippen LogP contribution is -2.44. The van der Waals surface area contributed by atoms with Crippen LogP contribution in [-0.4, -0.2) is 61.0 Å². The Balaban J connectivity index is 4.30. The summed E-state index contributed by atoms with van der Waals surface area (Å²) in [6, 6.07) is 0. The van der Waals surface area contributed by atoms with Gasteiger partial charge in [-0.1, -0.05) is 0 Å². The number of carbonyl (C=O) groups is 2. The summed E-state index contributed by atoms with van der Waals surface area (Å²) >= 11 is 0. The molecule has 0 rings (SSSR count). The van der Waals surface area contributed by atoms with Crippen molar-refractivity contribution in [1.82, 2.24) is 9.80 Å². The lowest BCUT2D eigenvalue weighted by Gasteiger charge is -2.18. The molecule has 0 saturated carbocycles. The van der Waals surface area contributed by atoms with Crippen LogP contribution >= 0.6 is 0 Å². The zero-order valence-electron chi connectivity index (χ0n) is 7.74. The normalized spacial score (nSPS) is 9.83. The Labute approximate surface area is 71.6 Å². The highest BCUT2D eigenvalue weighted by Gasteiger charge is 2.26. The molecule has 0 heterocycles. The fraction of sp³-hybridized carbons (Fsp3) is 0.714. The number of carbonyl (C=O) groups excluding carboxylic acids is 2. The van der Waals surface area contributed by atoms with Crippen molar-refractivity contribution >= 4 is 11.8 Å². The maximum Gasteiger partial charge on any atom is 0.260 e.